The topological polar surface area (TPSA) is 37.4 Å². The summed E-state index contributed by atoms with van der Waals surface area (Å²) < 4.78 is 1.09. The van der Waals surface area contributed by atoms with Crippen LogP contribution in [0, 0.1) is 3.57 Å². The van der Waals surface area contributed by atoms with Gasteiger partial charge in [0.2, 0.25) is 11.7 Å². The van der Waals surface area contributed by atoms with Gasteiger partial charge in [0, 0.05) is 32.8 Å². The Bertz CT molecular complexity index is 784. The molecule has 0 N–H and O–H groups in total. The van der Waals surface area contributed by atoms with Crippen LogP contribution in [-0.2, 0) is 4.79 Å². The van der Waals surface area contributed by atoms with Crippen molar-refractivity contribution in [2.45, 2.75) is 11.8 Å². The molecule has 0 saturated carbocycles. The third-order valence-electron chi connectivity index (χ3n) is 3.27. The van der Waals surface area contributed by atoms with Crippen LogP contribution in [0.2, 0.25) is 0 Å². The van der Waals surface area contributed by atoms with Crippen LogP contribution in [-0.4, -0.2) is 11.7 Å². The van der Waals surface area contributed by atoms with Gasteiger partial charge in [0.25, 0.3) is 0 Å². The van der Waals surface area contributed by atoms with Crippen LogP contribution in [0.3, 0.4) is 0 Å². The molecule has 0 atom stereocenters. The van der Waals surface area contributed by atoms with Crippen molar-refractivity contribution in [1.82, 2.24) is 0 Å². The van der Waals surface area contributed by atoms with Crippen LogP contribution >= 0.6 is 34.4 Å². The minimum Gasteiger partial charge on any atom is -0.288 e. The lowest BCUT2D eigenvalue weighted by atomic mass is 10.1. The molecule has 22 heavy (non-hydrogen) atoms. The van der Waals surface area contributed by atoms with Crippen molar-refractivity contribution in [3.63, 3.8) is 0 Å². The Morgan fingerprint density at radius 1 is 1.14 bits per heavy atom. The van der Waals surface area contributed by atoms with E-state index in [2.05, 4.69) is 22.6 Å². The number of hydrogen-bond donors (Lipinski definition) is 0. The van der Waals surface area contributed by atoms with E-state index in [0.717, 1.165) is 14.2 Å². The highest BCUT2D eigenvalue weighted by Gasteiger charge is 2.26. The maximum Gasteiger partial charge on any atom is 0.227 e. The van der Waals surface area contributed by atoms with Gasteiger partial charge in [-0.2, -0.15) is 0 Å². The molecule has 3 rings (SSSR count). The van der Waals surface area contributed by atoms with Gasteiger partial charge >= 0.3 is 0 Å². The number of allylic oxidation sites excluding steroid dienone is 1. The minimum atomic E-state index is -0.127. The molecule has 0 saturated heterocycles. The molecule has 1 aliphatic rings. The van der Waals surface area contributed by atoms with Gasteiger partial charge in [-0.3, -0.25) is 14.5 Å². The van der Waals surface area contributed by atoms with Gasteiger partial charge in [0.15, 0.2) is 0 Å². The number of hydrogen-bond acceptors (Lipinski definition) is 3. The highest BCUT2D eigenvalue weighted by atomic mass is 127. The highest BCUT2D eigenvalue weighted by molar-refractivity contribution is 14.1. The summed E-state index contributed by atoms with van der Waals surface area (Å²) in [6, 6.07) is 15.1. The summed E-state index contributed by atoms with van der Waals surface area (Å²) in [6.45, 7) is 1.49. The molecular weight excluding hydrogens is 409 g/mol. The molecule has 0 radical (unpaired) electrons. The van der Waals surface area contributed by atoms with Crippen molar-refractivity contribution >= 4 is 51.7 Å². The van der Waals surface area contributed by atoms with E-state index in [1.807, 2.05) is 48.5 Å². The lowest BCUT2D eigenvalue weighted by Crippen LogP contribution is -2.23. The fourth-order valence-corrected chi connectivity index (χ4v) is 3.57. The molecule has 0 aromatic heterocycles. The van der Waals surface area contributed by atoms with E-state index in [-0.39, 0.29) is 11.7 Å². The second-order valence-corrected chi connectivity index (χ2v) is 7.12. The van der Waals surface area contributed by atoms with Crippen molar-refractivity contribution in [3.8, 4) is 0 Å². The Morgan fingerprint density at radius 3 is 2.45 bits per heavy atom. The van der Waals surface area contributed by atoms with Gasteiger partial charge in [-0.1, -0.05) is 23.9 Å². The Morgan fingerprint density at radius 2 is 1.82 bits per heavy atom. The zero-order chi connectivity index (χ0) is 15.7. The zero-order valence-corrected chi connectivity index (χ0v) is 14.7. The van der Waals surface area contributed by atoms with Crippen LogP contribution in [0.5, 0.6) is 0 Å². The molecule has 2 aromatic rings. The second-order valence-electron chi connectivity index (χ2n) is 4.79. The molecule has 0 bridgehead atoms. The zero-order valence-electron chi connectivity index (χ0n) is 11.7. The number of carbonyl (C=O) groups is 2. The predicted octanol–water partition coefficient (Wildman–Crippen LogP) is 4.47. The number of carbonyl (C=O) groups excluding carboxylic acids is 2. The summed E-state index contributed by atoms with van der Waals surface area (Å²) >= 11 is 3.62. The summed E-state index contributed by atoms with van der Waals surface area (Å²) in [7, 11) is 0. The Balaban J connectivity index is 1.97. The number of ketones is 1. The number of nitrogens with zero attached hydrogens (tertiary/aromatic N) is 1. The van der Waals surface area contributed by atoms with E-state index in [4.69, 9.17) is 0 Å². The number of Topliss-reactive ketones (excluding diaryl/α,β-unsaturated/α-hetero) is 1. The quantitative estimate of drug-likeness (QED) is 0.531. The van der Waals surface area contributed by atoms with Crippen LogP contribution in [0.4, 0.5) is 5.69 Å². The molecule has 1 heterocycles. The smallest absolute Gasteiger partial charge is 0.227 e. The number of fused-ring (bicyclic) bond motifs is 1. The molecule has 0 spiro atoms. The molecule has 110 valence electrons. The number of halogens is 1. The maximum atomic E-state index is 12.4. The molecule has 1 aliphatic heterocycles. The van der Waals surface area contributed by atoms with Crippen LogP contribution in [0.15, 0.2) is 64.5 Å². The summed E-state index contributed by atoms with van der Waals surface area (Å²) in [5.41, 5.74) is 1.45. The Labute approximate surface area is 146 Å². The first-order chi connectivity index (χ1) is 10.6. The van der Waals surface area contributed by atoms with Crippen molar-refractivity contribution in [2.24, 2.45) is 0 Å². The van der Waals surface area contributed by atoms with Crippen molar-refractivity contribution in [2.75, 3.05) is 4.90 Å². The van der Waals surface area contributed by atoms with E-state index in [0.29, 0.717) is 10.5 Å². The van der Waals surface area contributed by atoms with Crippen LogP contribution in [0.25, 0.3) is 0 Å². The van der Waals surface area contributed by atoms with Gasteiger partial charge in [0.05, 0.1) is 4.91 Å². The molecule has 5 heteroatoms. The highest BCUT2D eigenvalue weighted by Crippen LogP contribution is 2.40. The average Bonchev–Trinajstić information content (AvgIpc) is 2.82. The van der Waals surface area contributed by atoms with Crippen LogP contribution in [0.1, 0.15) is 17.3 Å². The monoisotopic (exact) mass is 421 g/mol. The lowest BCUT2D eigenvalue weighted by Gasteiger charge is -2.17. The van der Waals surface area contributed by atoms with Gasteiger partial charge < -0.3 is 0 Å². The molecule has 2 aromatic carbocycles. The molecule has 0 unspecified atom stereocenters. The van der Waals surface area contributed by atoms with E-state index < -0.39 is 0 Å². The lowest BCUT2D eigenvalue weighted by molar-refractivity contribution is -0.116. The molecule has 0 aliphatic carbocycles. The average molecular weight is 421 g/mol. The Hall–Kier alpha value is -1.60. The molecule has 0 fully saturated rings. The first-order valence-electron chi connectivity index (χ1n) is 6.65. The number of rotatable bonds is 2. The summed E-state index contributed by atoms with van der Waals surface area (Å²) in [6.07, 6.45) is 1.64. The van der Waals surface area contributed by atoms with Crippen molar-refractivity contribution < 1.29 is 9.59 Å². The van der Waals surface area contributed by atoms with E-state index in [1.165, 1.54) is 23.6 Å². The van der Waals surface area contributed by atoms with E-state index in [9.17, 15) is 9.59 Å². The fraction of sp³-hybridized carbons (Fsp3) is 0.0588. The number of amides is 1. The number of anilines is 1. The van der Waals surface area contributed by atoms with Gasteiger partial charge in [-0.05, 0) is 59.0 Å². The first kappa shape index (κ1) is 15.3. The summed E-state index contributed by atoms with van der Waals surface area (Å²) in [5.74, 6) is -0.157. The standard InChI is InChI=1S/C17H12INO2S/c1-11(20)19(13-8-6-12(18)7-9-13)10-16-17(21)14-4-2-3-5-15(14)22-16/h2-10H,1H3/b16-10-. The normalized spacial score (nSPS) is 15.0. The minimum absolute atomic E-state index is 0.0302. The SMILES string of the molecule is CC(=O)N(/C=C1\Sc2ccccc2C1=O)c1ccc(I)cc1. The maximum absolute atomic E-state index is 12.4. The third-order valence-corrected chi connectivity index (χ3v) is 5.07. The number of benzene rings is 2. The third kappa shape index (κ3) is 2.96. The van der Waals surface area contributed by atoms with Gasteiger partial charge in [-0.15, -0.1) is 0 Å². The molecule has 1 amide bonds. The van der Waals surface area contributed by atoms with Crippen molar-refractivity contribution in [3.05, 3.63) is 68.8 Å². The molecular formula is C17H12INO2S. The summed E-state index contributed by atoms with van der Waals surface area (Å²) in [5, 5.41) is 0. The fourth-order valence-electron chi connectivity index (χ4n) is 2.19. The Kier molecular flexibility index (Phi) is 4.35. The van der Waals surface area contributed by atoms with Crippen molar-refractivity contribution in [1.29, 1.82) is 0 Å². The van der Waals surface area contributed by atoms with Crippen LogP contribution < -0.4 is 4.90 Å². The largest absolute Gasteiger partial charge is 0.288 e. The van der Waals surface area contributed by atoms with E-state index in [1.54, 1.807) is 6.20 Å². The summed E-state index contributed by atoms with van der Waals surface area (Å²) in [4.78, 5) is 27.4. The van der Waals surface area contributed by atoms with Gasteiger partial charge in [0.1, 0.15) is 0 Å². The van der Waals surface area contributed by atoms with E-state index >= 15 is 0 Å². The molecule has 3 nitrogen and oxygen atoms in total. The second kappa shape index (κ2) is 6.26. The van der Waals surface area contributed by atoms with Gasteiger partial charge in [-0.25, -0.2) is 0 Å². The predicted molar refractivity (Wildman–Crippen MR) is 97.0 cm³/mol. The number of thioether (sulfide) groups is 1. The first-order valence-corrected chi connectivity index (χ1v) is 8.54.